The van der Waals surface area contributed by atoms with Crippen LogP contribution in [-0.4, -0.2) is 18.2 Å². The van der Waals surface area contributed by atoms with Crippen molar-refractivity contribution < 1.29 is 8.42 Å². The second-order valence-electron chi connectivity index (χ2n) is 4.21. The Balaban J connectivity index is 2.33. The van der Waals surface area contributed by atoms with Crippen LogP contribution in [0, 0.1) is 13.8 Å². The summed E-state index contributed by atoms with van der Waals surface area (Å²) in [5.74, 6) is 0.452. The third kappa shape index (κ3) is 2.53. The van der Waals surface area contributed by atoms with E-state index in [1.165, 1.54) is 4.68 Å². The van der Waals surface area contributed by atoms with Crippen molar-refractivity contribution in [3.63, 3.8) is 0 Å². The Labute approximate surface area is 107 Å². The third-order valence-electron chi connectivity index (χ3n) is 2.57. The minimum absolute atomic E-state index is 0.243. The normalized spacial score (nSPS) is 11.5. The SMILES string of the molecule is Cc1ccc(S(=O)(=O)Nc2cc(C)nn2C)cc1. The lowest BCUT2D eigenvalue weighted by atomic mass is 10.2. The van der Waals surface area contributed by atoms with Gasteiger partial charge in [0.15, 0.2) is 0 Å². The fourth-order valence-corrected chi connectivity index (χ4v) is 2.70. The first-order valence-corrected chi connectivity index (χ1v) is 6.97. The summed E-state index contributed by atoms with van der Waals surface area (Å²) in [5.41, 5.74) is 1.78. The van der Waals surface area contributed by atoms with E-state index in [2.05, 4.69) is 9.82 Å². The highest BCUT2D eigenvalue weighted by Gasteiger charge is 2.15. The number of nitrogens with one attached hydrogen (secondary N) is 1. The molecule has 0 amide bonds. The van der Waals surface area contributed by atoms with Gasteiger partial charge in [0.25, 0.3) is 10.0 Å². The Kier molecular flexibility index (Phi) is 3.13. The summed E-state index contributed by atoms with van der Waals surface area (Å²) in [6, 6.07) is 8.39. The highest BCUT2D eigenvalue weighted by molar-refractivity contribution is 7.92. The van der Waals surface area contributed by atoms with E-state index >= 15 is 0 Å². The van der Waals surface area contributed by atoms with Gasteiger partial charge in [-0.15, -0.1) is 0 Å². The average Bonchev–Trinajstić information content (AvgIpc) is 2.57. The van der Waals surface area contributed by atoms with Crippen molar-refractivity contribution in [1.82, 2.24) is 9.78 Å². The topological polar surface area (TPSA) is 64.0 Å². The minimum Gasteiger partial charge on any atom is -0.264 e. The number of sulfonamides is 1. The van der Waals surface area contributed by atoms with Crippen LogP contribution in [0.4, 0.5) is 5.82 Å². The van der Waals surface area contributed by atoms with E-state index in [9.17, 15) is 8.42 Å². The molecular weight excluding hydrogens is 250 g/mol. The quantitative estimate of drug-likeness (QED) is 0.921. The van der Waals surface area contributed by atoms with Crippen molar-refractivity contribution in [3.05, 3.63) is 41.6 Å². The number of anilines is 1. The summed E-state index contributed by atoms with van der Waals surface area (Å²) in [6.45, 7) is 3.72. The average molecular weight is 265 g/mol. The van der Waals surface area contributed by atoms with E-state index in [-0.39, 0.29) is 4.90 Å². The Morgan fingerprint density at radius 1 is 1.17 bits per heavy atom. The molecule has 0 unspecified atom stereocenters. The van der Waals surface area contributed by atoms with Gasteiger partial charge in [-0.3, -0.25) is 9.40 Å². The maximum atomic E-state index is 12.1. The molecule has 0 atom stereocenters. The molecule has 96 valence electrons. The fraction of sp³-hybridized carbons (Fsp3) is 0.250. The molecular formula is C12H15N3O2S. The summed E-state index contributed by atoms with van der Waals surface area (Å²) in [5, 5.41) is 4.09. The van der Waals surface area contributed by atoms with Crippen LogP contribution in [0.1, 0.15) is 11.3 Å². The van der Waals surface area contributed by atoms with Crippen LogP contribution in [0.25, 0.3) is 0 Å². The zero-order valence-electron chi connectivity index (χ0n) is 10.5. The summed E-state index contributed by atoms with van der Waals surface area (Å²) in [7, 11) is -1.86. The third-order valence-corrected chi connectivity index (χ3v) is 3.94. The van der Waals surface area contributed by atoms with Crippen LogP contribution in [0.5, 0.6) is 0 Å². The number of nitrogens with zero attached hydrogens (tertiary/aromatic N) is 2. The zero-order valence-corrected chi connectivity index (χ0v) is 11.3. The smallest absolute Gasteiger partial charge is 0.263 e. The molecule has 0 spiro atoms. The van der Waals surface area contributed by atoms with Crippen LogP contribution in [-0.2, 0) is 17.1 Å². The van der Waals surface area contributed by atoms with Crippen molar-refractivity contribution in [3.8, 4) is 0 Å². The standard InChI is InChI=1S/C12H15N3O2S/c1-9-4-6-11(7-5-9)18(16,17)14-12-8-10(2)13-15(12)3/h4-8,14H,1-3H3. The van der Waals surface area contributed by atoms with Gasteiger partial charge in [-0.1, -0.05) is 17.7 Å². The van der Waals surface area contributed by atoms with Gasteiger partial charge >= 0.3 is 0 Å². The monoisotopic (exact) mass is 265 g/mol. The van der Waals surface area contributed by atoms with Crippen molar-refractivity contribution in [1.29, 1.82) is 0 Å². The molecule has 0 saturated carbocycles. The molecule has 1 N–H and O–H groups in total. The zero-order chi connectivity index (χ0) is 13.3. The van der Waals surface area contributed by atoms with Crippen molar-refractivity contribution >= 4 is 15.8 Å². The molecule has 1 aromatic carbocycles. The molecule has 0 radical (unpaired) electrons. The minimum atomic E-state index is -3.55. The first-order valence-electron chi connectivity index (χ1n) is 5.48. The number of rotatable bonds is 3. The molecule has 2 aromatic rings. The summed E-state index contributed by atoms with van der Waals surface area (Å²) >= 11 is 0. The van der Waals surface area contributed by atoms with Crippen LogP contribution in [0.2, 0.25) is 0 Å². The molecule has 1 aromatic heterocycles. The van der Waals surface area contributed by atoms with Gasteiger partial charge in [0.1, 0.15) is 5.82 Å². The van der Waals surface area contributed by atoms with Gasteiger partial charge in [0.2, 0.25) is 0 Å². The molecule has 0 fully saturated rings. The predicted octanol–water partition coefficient (Wildman–Crippen LogP) is 1.84. The predicted molar refractivity (Wildman–Crippen MR) is 69.9 cm³/mol. The number of aryl methyl sites for hydroxylation is 3. The number of hydrogen-bond donors (Lipinski definition) is 1. The lowest BCUT2D eigenvalue weighted by molar-refractivity contribution is 0.600. The second-order valence-corrected chi connectivity index (χ2v) is 5.90. The van der Waals surface area contributed by atoms with Crippen LogP contribution < -0.4 is 4.72 Å². The maximum absolute atomic E-state index is 12.1. The number of aromatic nitrogens is 2. The molecule has 18 heavy (non-hydrogen) atoms. The van der Waals surface area contributed by atoms with Gasteiger partial charge < -0.3 is 0 Å². The van der Waals surface area contributed by atoms with E-state index in [0.29, 0.717) is 5.82 Å². The first kappa shape index (κ1) is 12.6. The Morgan fingerprint density at radius 2 is 1.78 bits per heavy atom. The van der Waals surface area contributed by atoms with E-state index in [4.69, 9.17) is 0 Å². The first-order chi connectivity index (χ1) is 8.38. The van der Waals surface area contributed by atoms with E-state index in [1.807, 2.05) is 13.8 Å². The van der Waals surface area contributed by atoms with Gasteiger partial charge in [-0.05, 0) is 26.0 Å². The Morgan fingerprint density at radius 3 is 2.28 bits per heavy atom. The molecule has 0 bridgehead atoms. The van der Waals surface area contributed by atoms with Gasteiger partial charge in [0, 0.05) is 13.1 Å². The Bertz CT molecular complexity index is 657. The fourth-order valence-electron chi connectivity index (χ4n) is 1.62. The molecule has 1 heterocycles. The largest absolute Gasteiger partial charge is 0.264 e. The van der Waals surface area contributed by atoms with E-state index < -0.39 is 10.0 Å². The maximum Gasteiger partial charge on any atom is 0.263 e. The number of hydrogen-bond acceptors (Lipinski definition) is 3. The second kappa shape index (κ2) is 4.45. The van der Waals surface area contributed by atoms with Crippen molar-refractivity contribution in [2.45, 2.75) is 18.7 Å². The van der Waals surface area contributed by atoms with Crippen LogP contribution in [0.3, 0.4) is 0 Å². The number of benzene rings is 1. The van der Waals surface area contributed by atoms with Crippen LogP contribution >= 0.6 is 0 Å². The molecule has 5 nitrogen and oxygen atoms in total. The van der Waals surface area contributed by atoms with E-state index in [1.54, 1.807) is 37.4 Å². The molecule has 0 aliphatic rings. The summed E-state index contributed by atoms with van der Waals surface area (Å²) in [4.78, 5) is 0.243. The molecule has 6 heteroatoms. The van der Waals surface area contributed by atoms with Crippen molar-refractivity contribution in [2.24, 2.45) is 7.05 Å². The highest BCUT2D eigenvalue weighted by atomic mass is 32.2. The van der Waals surface area contributed by atoms with E-state index in [0.717, 1.165) is 11.3 Å². The lowest BCUT2D eigenvalue weighted by Gasteiger charge is -2.07. The van der Waals surface area contributed by atoms with Gasteiger partial charge in [0.05, 0.1) is 10.6 Å². The van der Waals surface area contributed by atoms with Crippen LogP contribution in [0.15, 0.2) is 35.2 Å². The van der Waals surface area contributed by atoms with Gasteiger partial charge in [-0.25, -0.2) is 8.42 Å². The lowest BCUT2D eigenvalue weighted by Crippen LogP contribution is -2.15. The van der Waals surface area contributed by atoms with Gasteiger partial charge in [-0.2, -0.15) is 5.10 Å². The molecule has 0 aliphatic heterocycles. The highest BCUT2D eigenvalue weighted by Crippen LogP contribution is 2.16. The van der Waals surface area contributed by atoms with Crippen molar-refractivity contribution in [2.75, 3.05) is 4.72 Å². The summed E-state index contributed by atoms with van der Waals surface area (Å²) < 4.78 is 28.3. The molecule has 0 saturated heterocycles. The Hall–Kier alpha value is -1.82. The molecule has 0 aliphatic carbocycles. The summed E-state index contributed by atoms with van der Waals surface area (Å²) in [6.07, 6.45) is 0. The molecule has 2 rings (SSSR count).